The van der Waals surface area contributed by atoms with Gasteiger partial charge < -0.3 is 5.11 Å². The van der Waals surface area contributed by atoms with Crippen LogP contribution in [0.2, 0.25) is 0 Å². The van der Waals surface area contributed by atoms with Crippen molar-refractivity contribution in [1.82, 2.24) is 5.48 Å². The Labute approximate surface area is 82.5 Å². The standard InChI is InChI=1S/C10H13NO3/c1-2-14-11-10(13)7-8-4-3-5-9(12)6-8/h3-6,12H,2,7H2,1H3,(H,11,13). The molecular weight excluding hydrogens is 182 g/mol. The summed E-state index contributed by atoms with van der Waals surface area (Å²) in [5.74, 6) is -0.0656. The number of carbonyl (C=O) groups is 1. The lowest BCUT2D eigenvalue weighted by Gasteiger charge is -2.03. The van der Waals surface area contributed by atoms with Crippen molar-refractivity contribution in [2.75, 3.05) is 6.61 Å². The molecule has 0 radical (unpaired) electrons. The Morgan fingerprint density at radius 2 is 2.36 bits per heavy atom. The number of carbonyl (C=O) groups excluding carboxylic acids is 1. The number of hydroxylamine groups is 1. The fourth-order valence-corrected chi connectivity index (χ4v) is 1.04. The molecule has 0 aliphatic rings. The summed E-state index contributed by atoms with van der Waals surface area (Å²) in [5, 5.41) is 9.14. The number of benzene rings is 1. The molecule has 0 bridgehead atoms. The Kier molecular flexibility index (Phi) is 3.94. The molecule has 4 nitrogen and oxygen atoms in total. The first-order chi connectivity index (χ1) is 6.72. The van der Waals surface area contributed by atoms with Crippen LogP contribution in [0.1, 0.15) is 12.5 Å². The smallest absolute Gasteiger partial charge is 0.247 e. The molecule has 0 aromatic heterocycles. The maximum atomic E-state index is 11.2. The molecule has 0 fully saturated rings. The normalized spacial score (nSPS) is 9.79. The van der Waals surface area contributed by atoms with Gasteiger partial charge in [0.25, 0.3) is 0 Å². The molecule has 76 valence electrons. The number of hydrogen-bond donors (Lipinski definition) is 2. The molecule has 0 heterocycles. The predicted octanol–water partition coefficient (Wildman–Crippen LogP) is 1.00. The van der Waals surface area contributed by atoms with Gasteiger partial charge in [-0.3, -0.25) is 9.63 Å². The molecule has 0 unspecified atom stereocenters. The minimum absolute atomic E-state index is 0.159. The van der Waals surface area contributed by atoms with Crippen LogP contribution < -0.4 is 5.48 Å². The second-order valence-electron chi connectivity index (χ2n) is 2.80. The van der Waals surface area contributed by atoms with Crippen LogP contribution in [-0.4, -0.2) is 17.6 Å². The van der Waals surface area contributed by atoms with Crippen LogP contribution in [0, 0.1) is 0 Å². The molecule has 14 heavy (non-hydrogen) atoms. The number of phenols is 1. The van der Waals surface area contributed by atoms with Gasteiger partial charge in [-0.25, -0.2) is 5.48 Å². The van der Waals surface area contributed by atoms with E-state index in [4.69, 9.17) is 9.94 Å². The summed E-state index contributed by atoms with van der Waals surface area (Å²) in [4.78, 5) is 15.9. The van der Waals surface area contributed by atoms with E-state index in [0.717, 1.165) is 5.56 Å². The van der Waals surface area contributed by atoms with Gasteiger partial charge in [-0.15, -0.1) is 0 Å². The van der Waals surface area contributed by atoms with Crippen LogP contribution in [-0.2, 0) is 16.1 Å². The Balaban J connectivity index is 2.47. The third-order valence-electron chi connectivity index (χ3n) is 1.61. The minimum Gasteiger partial charge on any atom is -0.508 e. The molecule has 0 saturated heterocycles. The van der Waals surface area contributed by atoms with Gasteiger partial charge in [-0.2, -0.15) is 0 Å². The molecule has 0 atom stereocenters. The highest BCUT2D eigenvalue weighted by Crippen LogP contribution is 2.10. The molecule has 4 heteroatoms. The molecule has 2 N–H and O–H groups in total. The molecule has 0 aliphatic carbocycles. The van der Waals surface area contributed by atoms with Crippen molar-refractivity contribution in [2.45, 2.75) is 13.3 Å². The predicted molar refractivity (Wildman–Crippen MR) is 51.6 cm³/mol. The van der Waals surface area contributed by atoms with E-state index in [1.807, 2.05) is 0 Å². The van der Waals surface area contributed by atoms with Gasteiger partial charge in [-0.05, 0) is 24.6 Å². The van der Waals surface area contributed by atoms with E-state index in [-0.39, 0.29) is 18.1 Å². The summed E-state index contributed by atoms with van der Waals surface area (Å²) in [6.45, 7) is 2.22. The van der Waals surface area contributed by atoms with E-state index in [1.54, 1.807) is 31.2 Å². The molecule has 1 aromatic carbocycles. The highest BCUT2D eigenvalue weighted by atomic mass is 16.6. The van der Waals surface area contributed by atoms with Crippen LogP contribution in [0.15, 0.2) is 24.3 Å². The highest BCUT2D eigenvalue weighted by molar-refractivity contribution is 5.77. The Morgan fingerprint density at radius 1 is 1.57 bits per heavy atom. The third-order valence-corrected chi connectivity index (χ3v) is 1.61. The largest absolute Gasteiger partial charge is 0.508 e. The van der Waals surface area contributed by atoms with Crippen LogP contribution in [0.25, 0.3) is 0 Å². The van der Waals surface area contributed by atoms with Crippen molar-refractivity contribution in [3.05, 3.63) is 29.8 Å². The summed E-state index contributed by atoms with van der Waals surface area (Å²) in [6, 6.07) is 6.57. The van der Waals surface area contributed by atoms with Gasteiger partial charge in [-0.1, -0.05) is 12.1 Å². The molecule has 0 aliphatic heterocycles. The average molecular weight is 195 g/mol. The zero-order chi connectivity index (χ0) is 10.4. The zero-order valence-corrected chi connectivity index (χ0v) is 7.99. The van der Waals surface area contributed by atoms with Crippen molar-refractivity contribution in [2.24, 2.45) is 0 Å². The topological polar surface area (TPSA) is 58.6 Å². The van der Waals surface area contributed by atoms with Crippen molar-refractivity contribution in [3.8, 4) is 5.75 Å². The fraction of sp³-hybridized carbons (Fsp3) is 0.300. The molecule has 1 rings (SSSR count). The third kappa shape index (κ3) is 3.45. The molecule has 0 spiro atoms. The molecular formula is C10H13NO3. The Morgan fingerprint density at radius 3 is 3.00 bits per heavy atom. The van der Waals surface area contributed by atoms with E-state index in [9.17, 15) is 4.79 Å². The number of nitrogens with one attached hydrogen (secondary N) is 1. The number of phenolic OH excluding ortho intramolecular Hbond substituents is 1. The summed E-state index contributed by atoms with van der Waals surface area (Å²) in [6.07, 6.45) is 0.203. The SMILES string of the molecule is CCONC(=O)Cc1cccc(O)c1. The summed E-state index contributed by atoms with van der Waals surface area (Å²) in [7, 11) is 0. The maximum Gasteiger partial charge on any atom is 0.247 e. The van der Waals surface area contributed by atoms with Gasteiger partial charge >= 0.3 is 0 Å². The van der Waals surface area contributed by atoms with Gasteiger partial charge in [0.2, 0.25) is 5.91 Å². The first-order valence-electron chi connectivity index (χ1n) is 4.41. The van der Waals surface area contributed by atoms with Crippen LogP contribution in [0.4, 0.5) is 0 Å². The van der Waals surface area contributed by atoms with E-state index in [2.05, 4.69) is 5.48 Å². The summed E-state index contributed by atoms with van der Waals surface area (Å²) < 4.78 is 0. The first-order valence-corrected chi connectivity index (χ1v) is 4.41. The van der Waals surface area contributed by atoms with Gasteiger partial charge in [0.05, 0.1) is 13.0 Å². The summed E-state index contributed by atoms with van der Waals surface area (Å²) in [5.41, 5.74) is 3.03. The van der Waals surface area contributed by atoms with Crippen LogP contribution in [0.5, 0.6) is 5.75 Å². The zero-order valence-electron chi connectivity index (χ0n) is 7.99. The van der Waals surface area contributed by atoms with Crippen molar-refractivity contribution < 1.29 is 14.7 Å². The van der Waals surface area contributed by atoms with Crippen molar-refractivity contribution in [1.29, 1.82) is 0 Å². The Bertz CT molecular complexity index is 312. The van der Waals surface area contributed by atoms with E-state index < -0.39 is 0 Å². The van der Waals surface area contributed by atoms with E-state index in [0.29, 0.717) is 6.61 Å². The lowest BCUT2D eigenvalue weighted by atomic mass is 10.1. The van der Waals surface area contributed by atoms with Gasteiger partial charge in [0.1, 0.15) is 5.75 Å². The fourth-order valence-electron chi connectivity index (χ4n) is 1.04. The van der Waals surface area contributed by atoms with Crippen molar-refractivity contribution >= 4 is 5.91 Å². The highest BCUT2D eigenvalue weighted by Gasteiger charge is 2.02. The number of rotatable bonds is 4. The summed E-state index contributed by atoms with van der Waals surface area (Å²) >= 11 is 0. The second-order valence-corrected chi connectivity index (χ2v) is 2.80. The number of aromatic hydroxyl groups is 1. The Hall–Kier alpha value is -1.55. The quantitative estimate of drug-likeness (QED) is 0.705. The number of hydrogen-bond acceptors (Lipinski definition) is 3. The van der Waals surface area contributed by atoms with Crippen LogP contribution in [0.3, 0.4) is 0 Å². The number of amides is 1. The second kappa shape index (κ2) is 5.24. The molecule has 1 aromatic rings. The lowest BCUT2D eigenvalue weighted by Crippen LogP contribution is -2.25. The van der Waals surface area contributed by atoms with Crippen molar-refractivity contribution in [3.63, 3.8) is 0 Å². The average Bonchev–Trinajstić information content (AvgIpc) is 2.15. The maximum absolute atomic E-state index is 11.2. The molecule has 1 amide bonds. The lowest BCUT2D eigenvalue weighted by molar-refractivity contribution is -0.132. The molecule has 0 saturated carbocycles. The minimum atomic E-state index is -0.225. The van der Waals surface area contributed by atoms with Gasteiger partial charge in [0, 0.05) is 0 Å². The monoisotopic (exact) mass is 195 g/mol. The first kappa shape index (κ1) is 10.5. The van der Waals surface area contributed by atoms with Gasteiger partial charge in [0.15, 0.2) is 0 Å². The van der Waals surface area contributed by atoms with E-state index >= 15 is 0 Å². The van der Waals surface area contributed by atoms with E-state index in [1.165, 1.54) is 0 Å². The van der Waals surface area contributed by atoms with Crippen LogP contribution >= 0.6 is 0 Å².